The van der Waals surface area contributed by atoms with Gasteiger partial charge in [-0.2, -0.15) is 5.10 Å². The third kappa shape index (κ3) is 2.60. The van der Waals surface area contributed by atoms with Crippen LogP contribution < -0.4 is 0 Å². The second-order valence-corrected chi connectivity index (χ2v) is 3.39. The first kappa shape index (κ1) is 11.3. The summed E-state index contributed by atoms with van der Waals surface area (Å²) in [6.45, 7) is 4.25. The monoisotopic (exact) mass is 200 g/mol. The molecule has 0 atom stereocenters. The lowest BCUT2D eigenvalue weighted by Crippen LogP contribution is -1.87. The van der Waals surface area contributed by atoms with Gasteiger partial charge in [-0.25, -0.2) is 0 Å². The van der Waals surface area contributed by atoms with Crippen LogP contribution in [0.1, 0.15) is 25.8 Å². The number of hydrogen-bond acceptors (Lipinski definition) is 1. The first-order valence-electron chi connectivity index (χ1n) is 5.11. The summed E-state index contributed by atoms with van der Waals surface area (Å²) in [6.07, 6.45) is 8.34. The van der Waals surface area contributed by atoms with Crippen molar-refractivity contribution in [2.24, 2.45) is 7.05 Å². The number of rotatable bonds is 0. The SMILES string of the molecule is C#Cc1ccc2c(cnn2C)c1.CCC. The fraction of sp³-hybridized carbons (Fsp3) is 0.308. The van der Waals surface area contributed by atoms with Crippen molar-refractivity contribution in [1.29, 1.82) is 0 Å². The molecule has 0 fully saturated rings. The fourth-order valence-corrected chi connectivity index (χ4v) is 1.25. The number of terminal acetylenes is 1. The van der Waals surface area contributed by atoms with Gasteiger partial charge in [-0.1, -0.05) is 26.2 Å². The maximum absolute atomic E-state index is 5.27. The second-order valence-electron chi connectivity index (χ2n) is 3.39. The van der Waals surface area contributed by atoms with Crippen molar-refractivity contribution in [2.45, 2.75) is 20.3 Å². The Morgan fingerprint density at radius 2 is 2.07 bits per heavy atom. The fourth-order valence-electron chi connectivity index (χ4n) is 1.25. The summed E-state index contributed by atoms with van der Waals surface area (Å²) in [5.74, 6) is 2.59. The van der Waals surface area contributed by atoms with E-state index in [0.29, 0.717) is 0 Å². The number of nitrogens with zero attached hydrogens (tertiary/aromatic N) is 2. The van der Waals surface area contributed by atoms with Crippen LogP contribution in [0.2, 0.25) is 0 Å². The molecule has 0 bridgehead atoms. The lowest BCUT2D eigenvalue weighted by Gasteiger charge is -1.93. The van der Waals surface area contributed by atoms with E-state index in [4.69, 9.17) is 6.42 Å². The summed E-state index contributed by atoms with van der Waals surface area (Å²) in [5, 5.41) is 5.21. The van der Waals surface area contributed by atoms with Gasteiger partial charge in [0.15, 0.2) is 0 Å². The predicted molar refractivity (Wildman–Crippen MR) is 64.6 cm³/mol. The Bertz CT molecular complexity index is 475. The van der Waals surface area contributed by atoms with Gasteiger partial charge in [-0.15, -0.1) is 6.42 Å². The van der Waals surface area contributed by atoms with Crippen LogP contribution in [0.5, 0.6) is 0 Å². The molecule has 2 aromatic rings. The van der Waals surface area contributed by atoms with Crippen LogP contribution in [-0.4, -0.2) is 9.78 Å². The zero-order valence-corrected chi connectivity index (χ0v) is 9.49. The molecule has 2 rings (SSSR count). The van der Waals surface area contributed by atoms with Gasteiger partial charge >= 0.3 is 0 Å². The van der Waals surface area contributed by atoms with Gasteiger partial charge in [0, 0.05) is 18.0 Å². The van der Waals surface area contributed by atoms with Crippen LogP contribution >= 0.6 is 0 Å². The van der Waals surface area contributed by atoms with Crippen LogP contribution in [0.3, 0.4) is 0 Å². The molecule has 1 heterocycles. The van der Waals surface area contributed by atoms with Crippen molar-refractivity contribution < 1.29 is 0 Å². The summed E-state index contributed by atoms with van der Waals surface area (Å²) < 4.78 is 1.83. The highest BCUT2D eigenvalue weighted by Crippen LogP contribution is 2.13. The molecule has 0 aliphatic rings. The summed E-state index contributed by atoms with van der Waals surface area (Å²) in [6, 6.07) is 5.86. The van der Waals surface area contributed by atoms with E-state index in [1.54, 1.807) is 0 Å². The van der Waals surface area contributed by atoms with Gasteiger partial charge in [0.2, 0.25) is 0 Å². The van der Waals surface area contributed by atoms with Crippen LogP contribution in [0, 0.1) is 12.3 Å². The molecule has 78 valence electrons. The predicted octanol–water partition coefficient (Wildman–Crippen LogP) is 2.97. The number of hydrogen-bond donors (Lipinski definition) is 0. The van der Waals surface area contributed by atoms with E-state index >= 15 is 0 Å². The maximum atomic E-state index is 5.27. The van der Waals surface area contributed by atoms with E-state index in [1.807, 2.05) is 36.1 Å². The molecule has 0 aliphatic heterocycles. The highest BCUT2D eigenvalue weighted by atomic mass is 15.2. The van der Waals surface area contributed by atoms with E-state index in [2.05, 4.69) is 24.9 Å². The first-order chi connectivity index (χ1) is 7.22. The third-order valence-corrected chi connectivity index (χ3v) is 1.91. The van der Waals surface area contributed by atoms with Crippen molar-refractivity contribution in [2.75, 3.05) is 0 Å². The van der Waals surface area contributed by atoms with Crippen molar-refractivity contribution in [3.8, 4) is 12.3 Å². The van der Waals surface area contributed by atoms with Gasteiger partial charge in [-0.3, -0.25) is 4.68 Å². The zero-order valence-electron chi connectivity index (χ0n) is 9.49. The largest absolute Gasteiger partial charge is 0.268 e. The Morgan fingerprint density at radius 1 is 1.40 bits per heavy atom. The summed E-state index contributed by atoms with van der Waals surface area (Å²) >= 11 is 0. The second kappa shape index (κ2) is 5.21. The summed E-state index contributed by atoms with van der Waals surface area (Å²) in [4.78, 5) is 0. The van der Waals surface area contributed by atoms with Gasteiger partial charge in [0.05, 0.1) is 11.7 Å². The lowest BCUT2D eigenvalue weighted by molar-refractivity contribution is 0.797. The molecule has 2 heteroatoms. The molecular weight excluding hydrogens is 184 g/mol. The normalized spacial score (nSPS) is 9.20. The minimum Gasteiger partial charge on any atom is -0.268 e. The van der Waals surface area contributed by atoms with Crippen molar-refractivity contribution in [3.63, 3.8) is 0 Å². The lowest BCUT2D eigenvalue weighted by atomic mass is 10.2. The Morgan fingerprint density at radius 3 is 2.67 bits per heavy atom. The zero-order chi connectivity index (χ0) is 11.3. The summed E-state index contributed by atoms with van der Waals surface area (Å²) in [7, 11) is 1.91. The minimum atomic E-state index is 0.899. The molecule has 1 aromatic heterocycles. The number of benzene rings is 1. The van der Waals surface area contributed by atoms with Crippen molar-refractivity contribution in [3.05, 3.63) is 30.0 Å². The molecule has 15 heavy (non-hydrogen) atoms. The average Bonchev–Trinajstić information content (AvgIpc) is 2.61. The van der Waals surface area contributed by atoms with E-state index < -0.39 is 0 Å². The van der Waals surface area contributed by atoms with Crippen LogP contribution in [0.4, 0.5) is 0 Å². The van der Waals surface area contributed by atoms with Crippen LogP contribution in [-0.2, 0) is 7.05 Å². The smallest absolute Gasteiger partial charge is 0.0679 e. The minimum absolute atomic E-state index is 0.899. The molecular formula is C13H16N2. The highest BCUT2D eigenvalue weighted by molar-refractivity contribution is 5.80. The average molecular weight is 200 g/mol. The molecule has 0 aliphatic carbocycles. The Kier molecular flexibility index (Phi) is 3.93. The van der Waals surface area contributed by atoms with Gasteiger partial charge in [-0.05, 0) is 18.2 Å². The van der Waals surface area contributed by atoms with E-state index in [-0.39, 0.29) is 0 Å². The van der Waals surface area contributed by atoms with Crippen LogP contribution in [0.25, 0.3) is 10.9 Å². The standard InChI is InChI=1S/C10H8N2.C3H8/c1-3-8-4-5-10-9(6-8)7-11-12(10)2;1-3-2/h1,4-7H,2H3;3H2,1-2H3. The van der Waals surface area contributed by atoms with E-state index in [0.717, 1.165) is 16.5 Å². The van der Waals surface area contributed by atoms with E-state index in [1.165, 1.54) is 6.42 Å². The first-order valence-corrected chi connectivity index (χ1v) is 5.11. The number of fused-ring (bicyclic) bond motifs is 1. The van der Waals surface area contributed by atoms with Gasteiger partial charge in [0.25, 0.3) is 0 Å². The third-order valence-electron chi connectivity index (χ3n) is 1.91. The summed E-state index contributed by atoms with van der Waals surface area (Å²) in [5.41, 5.74) is 2.00. The van der Waals surface area contributed by atoms with Gasteiger partial charge < -0.3 is 0 Å². The van der Waals surface area contributed by atoms with Crippen molar-refractivity contribution >= 4 is 10.9 Å². The number of aryl methyl sites for hydroxylation is 1. The Hall–Kier alpha value is -1.75. The topological polar surface area (TPSA) is 17.8 Å². The molecule has 2 nitrogen and oxygen atoms in total. The molecule has 0 radical (unpaired) electrons. The Balaban J connectivity index is 0.000000337. The maximum Gasteiger partial charge on any atom is 0.0679 e. The molecule has 0 saturated carbocycles. The van der Waals surface area contributed by atoms with Crippen molar-refractivity contribution in [1.82, 2.24) is 9.78 Å². The molecule has 0 spiro atoms. The molecule has 0 N–H and O–H groups in total. The quantitative estimate of drug-likeness (QED) is 0.598. The van der Waals surface area contributed by atoms with E-state index in [9.17, 15) is 0 Å². The van der Waals surface area contributed by atoms with Gasteiger partial charge in [0.1, 0.15) is 0 Å². The highest BCUT2D eigenvalue weighted by Gasteiger charge is 1.97. The van der Waals surface area contributed by atoms with Crippen LogP contribution in [0.15, 0.2) is 24.4 Å². The molecule has 0 amide bonds. The molecule has 0 saturated heterocycles. The Labute approximate surface area is 90.9 Å². The molecule has 0 unspecified atom stereocenters. The molecule has 1 aromatic carbocycles. The number of aromatic nitrogens is 2.